The molecule has 0 spiro atoms. The van der Waals surface area contributed by atoms with E-state index in [-0.39, 0.29) is 0 Å². The number of esters is 1. The summed E-state index contributed by atoms with van der Waals surface area (Å²) in [7, 11) is 0. The molecule has 0 fully saturated rings. The van der Waals surface area contributed by atoms with E-state index >= 15 is 0 Å². The average molecular weight is 335 g/mol. The number of rotatable bonds is 4. The van der Waals surface area contributed by atoms with Crippen LogP contribution in [0, 0.1) is 6.92 Å². The molecule has 1 heterocycles. The lowest BCUT2D eigenvalue weighted by Gasteiger charge is -2.17. The van der Waals surface area contributed by atoms with E-state index in [2.05, 4.69) is 4.40 Å². The van der Waals surface area contributed by atoms with Crippen LogP contribution >= 0.6 is 0 Å². The van der Waals surface area contributed by atoms with E-state index < -0.39 is 22.1 Å². The Hall–Kier alpha value is -1.79. The third-order valence-electron chi connectivity index (χ3n) is 3.19. The Bertz CT molecular complexity index is 743. The van der Waals surface area contributed by atoms with Gasteiger partial charge in [-0.05, 0) is 58.4 Å². The molecule has 0 radical (unpaired) electrons. The molecule has 0 N–H and O–H groups in total. The second-order valence-electron chi connectivity index (χ2n) is 6.11. The third kappa shape index (κ3) is 3.95. The van der Waals surface area contributed by atoms with Crippen LogP contribution < -0.4 is 0 Å². The Kier molecular flexibility index (Phi) is 5.16. The molecular formula is C17H21NO4S. The molecule has 6 heteroatoms. The molecule has 0 bridgehead atoms. The van der Waals surface area contributed by atoms with Crippen LogP contribution in [0.4, 0.5) is 0 Å². The Labute approximate surface area is 139 Å². The Morgan fingerprint density at radius 3 is 2.74 bits per heavy atom. The molecule has 124 valence electrons. The van der Waals surface area contributed by atoms with Crippen LogP contribution in [-0.2, 0) is 16.1 Å². The number of benzene rings is 1. The smallest absolute Gasteiger partial charge is 0.342 e. The normalized spacial score (nSPS) is 13.7. The number of nitrogens with zero attached hydrogens (tertiary/aromatic N) is 1. The van der Waals surface area contributed by atoms with Gasteiger partial charge in [0.1, 0.15) is 33.0 Å². The second-order valence-corrected chi connectivity index (χ2v) is 8.04. The fourth-order valence-corrected chi connectivity index (χ4v) is 2.58. The topological polar surface area (TPSA) is 74.9 Å². The van der Waals surface area contributed by atoms with Crippen molar-refractivity contribution in [2.75, 3.05) is 6.61 Å². The Morgan fingerprint density at radius 1 is 1.43 bits per heavy atom. The lowest BCUT2D eigenvalue weighted by Crippen LogP contribution is -2.25. The van der Waals surface area contributed by atoms with Gasteiger partial charge in [-0.3, -0.25) is 0 Å². The summed E-state index contributed by atoms with van der Waals surface area (Å²) in [6.45, 7) is 9.38. The summed E-state index contributed by atoms with van der Waals surface area (Å²) in [6.07, 6.45) is 1.55. The molecule has 0 aliphatic carbocycles. The number of carbonyl (C=O) groups excluding carboxylic acids is 1. The van der Waals surface area contributed by atoms with Crippen molar-refractivity contribution in [3.05, 3.63) is 35.1 Å². The molecule has 0 saturated heterocycles. The molecule has 1 atom stereocenters. The van der Waals surface area contributed by atoms with E-state index in [0.717, 1.165) is 5.56 Å². The quantitative estimate of drug-likeness (QED) is 0.484. The molecule has 2 rings (SSSR count). The summed E-state index contributed by atoms with van der Waals surface area (Å²) >= 11 is -1.33. The maximum Gasteiger partial charge on any atom is 0.342 e. The highest BCUT2D eigenvalue weighted by Gasteiger charge is 2.26. The maximum atomic E-state index is 12.1. The van der Waals surface area contributed by atoms with E-state index in [4.69, 9.17) is 9.15 Å². The van der Waals surface area contributed by atoms with Crippen LogP contribution in [-0.4, -0.2) is 28.1 Å². The lowest BCUT2D eigenvalue weighted by atomic mass is 10.1. The van der Waals surface area contributed by atoms with Crippen LogP contribution in [0.2, 0.25) is 0 Å². The molecule has 23 heavy (non-hydrogen) atoms. The van der Waals surface area contributed by atoms with Crippen molar-refractivity contribution < 1.29 is 18.5 Å². The first kappa shape index (κ1) is 17.6. The first-order valence-electron chi connectivity index (χ1n) is 7.40. The standard InChI is InChI=1S/C17H21NO4S/c1-6-21-16(19)15-11(2)22-14-8-7-12(9-13(14)15)10-18-23(20)17(3,4)5/h7-10H,6H2,1-5H3. The molecule has 0 aliphatic rings. The van der Waals surface area contributed by atoms with Crippen molar-refractivity contribution in [3.8, 4) is 0 Å². The molecule has 5 nitrogen and oxygen atoms in total. The van der Waals surface area contributed by atoms with Gasteiger partial charge in [-0.1, -0.05) is 4.40 Å². The van der Waals surface area contributed by atoms with Crippen molar-refractivity contribution in [1.82, 2.24) is 0 Å². The molecule has 1 aromatic heterocycles. The summed E-state index contributed by atoms with van der Waals surface area (Å²) in [5.74, 6) is 0.113. The SMILES string of the molecule is CCOC(=O)c1c(C)oc2ccc(C=N[S+]([O-])C(C)(C)C)cc12. The van der Waals surface area contributed by atoms with Crippen LogP contribution in [0.5, 0.6) is 0 Å². The van der Waals surface area contributed by atoms with Gasteiger partial charge in [0, 0.05) is 5.39 Å². The van der Waals surface area contributed by atoms with E-state index in [1.807, 2.05) is 26.8 Å². The molecule has 0 aliphatic heterocycles. The number of furan rings is 1. The third-order valence-corrected chi connectivity index (χ3v) is 4.53. The van der Waals surface area contributed by atoms with Gasteiger partial charge in [0.25, 0.3) is 0 Å². The van der Waals surface area contributed by atoms with Crippen LogP contribution in [0.1, 0.15) is 49.4 Å². The zero-order valence-corrected chi connectivity index (χ0v) is 14.8. The first-order valence-corrected chi connectivity index (χ1v) is 8.51. The van der Waals surface area contributed by atoms with E-state index in [9.17, 15) is 9.35 Å². The van der Waals surface area contributed by atoms with Crippen molar-refractivity contribution in [2.24, 2.45) is 4.40 Å². The van der Waals surface area contributed by atoms with Gasteiger partial charge < -0.3 is 13.7 Å². The molecule has 0 amide bonds. The zero-order chi connectivity index (χ0) is 17.2. The number of aryl methyl sites for hydroxylation is 1. The molecule has 1 aromatic carbocycles. The fourth-order valence-electron chi connectivity index (χ4n) is 2.04. The number of carbonyl (C=O) groups is 1. The predicted octanol–water partition coefficient (Wildman–Crippen LogP) is 3.80. The summed E-state index contributed by atoms with van der Waals surface area (Å²) in [5, 5.41) is 0.673. The van der Waals surface area contributed by atoms with Gasteiger partial charge in [-0.2, -0.15) is 0 Å². The minimum absolute atomic E-state index is 0.302. The van der Waals surface area contributed by atoms with Gasteiger partial charge in [0.15, 0.2) is 0 Å². The maximum absolute atomic E-state index is 12.1. The summed E-state index contributed by atoms with van der Waals surface area (Å²) < 4.78 is 26.3. The predicted molar refractivity (Wildman–Crippen MR) is 92.4 cm³/mol. The van der Waals surface area contributed by atoms with Gasteiger partial charge in [0.2, 0.25) is 0 Å². The highest BCUT2D eigenvalue weighted by Crippen LogP contribution is 2.27. The monoisotopic (exact) mass is 335 g/mol. The Morgan fingerprint density at radius 2 is 2.13 bits per heavy atom. The van der Waals surface area contributed by atoms with Crippen molar-refractivity contribution in [2.45, 2.75) is 39.4 Å². The van der Waals surface area contributed by atoms with Crippen molar-refractivity contribution in [1.29, 1.82) is 0 Å². The highest BCUT2D eigenvalue weighted by molar-refractivity contribution is 7.91. The number of hydrogen-bond acceptors (Lipinski definition) is 5. The van der Waals surface area contributed by atoms with Gasteiger partial charge in [-0.25, -0.2) is 4.79 Å². The molecule has 1 unspecified atom stereocenters. The minimum atomic E-state index is -1.33. The number of ether oxygens (including phenoxy) is 1. The van der Waals surface area contributed by atoms with Gasteiger partial charge in [-0.15, -0.1) is 0 Å². The average Bonchev–Trinajstić information content (AvgIpc) is 2.79. The zero-order valence-electron chi connectivity index (χ0n) is 14.0. The molecule has 2 aromatic rings. The van der Waals surface area contributed by atoms with Crippen LogP contribution in [0.15, 0.2) is 27.0 Å². The van der Waals surface area contributed by atoms with Gasteiger partial charge in [0.05, 0.1) is 12.8 Å². The summed E-state index contributed by atoms with van der Waals surface area (Å²) in [6, 6.07) is 5.37. The Balaban J connectivity index is 2.40. The largest absolute Gasteiger partial charge is 0.591 e. The first-order chi connectivity index (χ1) is 10.7. The molecular weight excluding hydrogens is 314 g/mol. The van der Waals surface area contributed by atoms with Gasteiger partial charge >= 0.3 is 5.97 Å². The minimum Gasteiger partial charge on any atom is -0.591 e. The fraction of sp³-hybridized carbons (Fsp3) is 0.412. The second kappa shape index (κ2) is 6.76. The number of hydrogen-bond donors (Lipinski definition) is 0. The van der Waals surface area contributed by atoms with Crippen molar-refractivity contribution in [3.63, 3.8) is 0 Å². The van der Waals surface area contributed by atoms with E-state index in [0.29, 0.717) is 28.9 Å². The molecule has 0 saturated carbocycles. The lowest BCUT2D eigenvalue weighted by molar-refractivity contribution is 0.0526. The van der Waals surface area contributed by atoms with Crippen molar-refractivity contribution >= 4 is 34.5 Å². The van der Waals surface area contributed by atoms with Crippen LogP contribution in [0.25, 0.3) is 11.0 Å². The van der Waals surface area contributed by atoms with E-state index in [1.165, 1.54) is 0 Å². The summed E-state index contributed by atoms with van der Waals surface area (Å²) in [5.41, 5.74) is 1.79. The number of fused-ring (bicyclic) bond motifs is 1. The van der Waals surface area contributed by atoms with E-state index in [1.54, 1.807) is 32.2 Å². The highest BCUT2D eigenvalue weighted by atomic mass is 32.2. The van der Waals surface area contributed by atoms with Crippen LogP contribution in [0.3, 0.4) is 0 Å². The summed E-state index contributed by atoms with van der Waals surface area (Å²) in [4.78, 5) is 12.1.